The van der Waals surface area contributed by atoms with Crippen LogP contribution in [0.2, 0.25) is 0 Å². The maximum atomic E-state index is 12.7. The number of carbonyl (C=O) groups is 1. The van der Waals surface area contributed by atoms with Crippen LogP contribution in [0.25, 0.3) is 0 Å². The summed E-state index contributed by atoms with van der Waals surface area (Å²) in [6.45, 7) is 3.86. The normalized spacial score (nSPS) is 10.4. The van der Waals surface area contributed by atoms with Gasteiger partial charge in [-0.25, -0.2) is 4.98 Å². The third kappa shape index (κ3) is 3.55. The van der Waals surface area contributed by atoms with E-state index in [0.717, 1.165) is 0 Å². The third-order valence-electron chi connectivity index (χ3n) is 3.10. The van der Waals surface area contributed by atoms with E-state index in [4.69, 9.17) is 9.47 Å². The highest BCUT2D eigenvalue weighted by molar-refractivity contribution is 6.07. The second-order valence-corrected chi connectivity index (χ2v) is 5.09. The summed E-state index contributed by atoms with van der Waals surface area (Å²) >= 11 is 0. The predicted molar refractivity (Wildman–Crippen MR) is 85.7 cm³/mol. The van der Waals surface area contributed by atoms with Crippen molar-refractivity contribution < 1.29 is 14.3 Å². The van der Waals surface area contributed by atoms with Gasteiger partial charge in [-0.15, -0.1) is 0 Å². The van der Waals surface area contributed by atoms with Crippen LogP contribution in [0.3, 0.4) is 0 Å². The fourth-order valence-corrected chi connectivity index (χ4v) is 1.99. The van der Waals surface area contributed by atoms with E-state index >= 15 is 0 Å². The van der Waals surface area contributed by atoms with Crippen LogP contribution in [-0.4, -0.2) is 31.2 Å². The van der Waals surface area contributed by atoms with Crippen LogP contribution in [-0.2, 0) is 0 Å². The highest BCUT2D eigenvalue weighted by atomic mass is 16.5. The maximum Gasteiger partial charge on any atom is 0.261 e. The SMILES string of the molecule is COc1ccc(N(C)C(=O)c2ccccc2OC(C)C)cn1. The van der Waals surface area contributed by atoms with Crippen molar-refractivity contribution in [2.24, 2.45) is 0 Å². The molecule has 116 valence electrons. The Morgan fingerprint density at radius 2 is 1.91 bits per heavy atom. The molecule has 0 N–H and O–H groups in total. The molecule has 1 heterocycles. The van der Waals surface area contributed by atoms with Crippen molar-refractivity contribution in [2.45, 2.75) is 20.0 Å². The predicted octanol–water partition coefficient (Wildman–Crippen LogP) is 3.15. The number of pyridine rings is 1. The first-order valence-corrected chi connectivity index (χ1v) is 7.06. The average molecular weight is 300 g/mol. The van der Waals surface area contributed by atoms with Crippen LogP contribution in [0.4, 0.5) is 5.69 Å². The number of para-hydroxylation sites is 1. The Bertz CT molecular complexity index is 639. The molecule has 0 aliphatic rings. The van der Waals surface area contributed by atoms with Crippen LogP contribution in [0.15, 0.2) is 42.6 Å². The minimum absolute atomic E-state index is 0.00177. The Morgan fingerprint density at radius 3 is 2.50 bits per heavy atom. The molecule has 0 spiro atoms. The fraction of sp³-hybridized carbons (Fsp3) is 0.294. The molecule has 0 unspecified atom stereocenters. The van der Waals surface area contributed by atoms with Crippen molar-refractivity contribution in [1.29, 1.82) is 0 Å². The molecule has 0 aliphatic heterocycles. The van der Waals surface area contributed by atoms with E-state index in [1.54, 1.807) is 44.6 Å². The molecule has 0 saturated carbocycles. The zero-order valence-corrected chi connectivity index (χ0v) is 13.2. The van der Waals surface area contributed by atoms with Crippen molar-refractivity contribution in [2.75, 3.05) is 19.1 Å². The molecule has 22 heavy (non-hydrogen) atoms. The van der Waals surface area contributed by atoms with Gasteiger partial charge in [0.15, 0.2) is 0 Å². The van der Waals surface area contributed by atoms with Crippen LogP contribution >= 0.6 is 0 Å². The van der Waals surface area contributed by atoms with E-state index in [0.29, 0.717) is 22.9 Å². The van der Waals surface area contributed by atoms with Gasteiger partial charge in [-0.2, -0.15) is 0 Å². The van der Waals surface area contributed by atoms with Gasteiger partial charge in [-0.3, -0.25) is 4.79 Å². The van der Waals surface area contributed by atoms with Crippen molar-refractivity contribution in [3.63, 3.8) is 0 Å². The molecule has 0 radical (unpaired) electrons. The molecule has 2 rings (SSSR count). The summed E-state index contributed by atoms with van der Waals surface area (Å²) in [4.78, 5) is 18.3. The summed E-state index contributed by atoms with van der Waals surface area (Å²) in [6, 6.07) is 10.7. The molecular formula is C17H20N2O3. The fourth-order valence-electron chi connectivity index (χ4n) is 1.99. The molecule has 0 fully saturated rings. The molecule has 2 aromatic rings. The van der Waals surface area contributed by atoms with E-state index < -0.39 is 0 Å². The summed E-state index contributed by atoms with van der Waals surface area (Å²) in [5, 5.41) is 0. The number of nitrogens with zero attached hydrogens (tertiary/aromatic N) is 2. The number of rotatable bonds is 5. The van der Waals surface area contributed by atoms with Crippen molar-refractivity contribution in [1.82, 2.24) is 4.98 Å². The van der Waals surface area contributed by atoms with E-state index in [1.165, 1.54) is 4.90 Å². The van der Waals surface area contributed by atoms with Gasteiger partial charge < -0.3 is 14.4 Å². The standard InChI is InChI=1S/C17H20N2O3/c1-12(2)22-15-8-6-5-7-14(15)17(20)19(3)13-9-10-16(21-4)18-11-13/h5-12H,1-4H3. The van der Waals surface area contributed by atoms with Crippen molar-refractivity contribution in [3.8, 4) is 11.6 Å². The number of aromatic nitrogens is 1. The van der Waals surface area contributed by atoms with Gasteiger partial charge in [0, 0.05) is 13.1 Å². The lowest BCUT2D eigenvalue weighted by Gasteiger charge is -2.20. The lowest BCUT2D eigenvalue weighted by Crippen LogP contribution is -2.27. The van der Waals surface area contributed by atoms with Crippen molar-refractivity contribution >= 4 is 11.6 Å². The minimum atomic E-state index is -0.150. The van der Waals surface area contributed by atoms with Gasteiger partial charge in [-0.05, 0) is 32.0 Å². The maximum absolute atomic E-state index is 12.7. The second kappa shape index (κ2) is 6.93. The first kappa shape index (κ1) is 15.8. The first-order valence-electron chi connectivity index (χ1n) is 7.06. The number of amides is 1. The molecule has 1 amide bonds. The molecular weight excluding hydrogens is 280 g/mol. The molecule has 0 aliphatic carbocycles. The van der Waals surface area contributed by atoms with Crippen molar-refractivity contribution in [3.05, 3.63) is 48.2 Å². The molecule has 5 nitrogen and oxygen atoms in total. The lowest BCUT2D eigenvalue weighted by atomic mass is 10.1. The van der Waals surface area contributed by atoms with E-state index in [-0.39, 0.29) is 12.0 Å². The van der Waals surface area contributed by atoms with Crippen LogP contribution < -0.4 is 14.4 Å². The summed E-state index contributed by atoms with van der Waals surface area (Å²) in [7, 11) is 3.26. The van der Waals surface area contributed by atoms with E-state index in [9.17, 15) is 4.79 Å². The van der Waals surface area contributed by atoms with Gasteiger partial charge in [0.1, 0.15) is 5.75 Å². The zero-order valence-electron chi connectivity index (χ0n) is 13.2. The molecule has 0 bridgehead atoms. The topological polar surface area (TPSA) is 51.7 Å². The summed E-state index contributed by atoms with van der Waals surface area (Å²) in [5.41, 5.74) is 1.21. The monoisotopic (exact) mass is 300 g/mol. The van der Waals surface area contributed by atoms with Crippen LogP contribution in [0.1, 0.15) is 24.2 Å². The highest BCUT2D eigenvalue weighted by Crippen LogP contribution is 2.23. The van der Waals surface area contributed by atoms with Crippen LogP contribution in [0, 0.1) is 0 Å². The minimum Gasteiger partial charge on any atom is -0.490 e. The zero-order chi connectivity index (χ0) is 16.1. The molecule has 0 saturated heterocycles. The molecule has 1 aromatic heterocycles. The summed E-state index contributed by atoms with van der Waals surface area (Å²) in [5.74, 6) is 0.937. The third-order valence-corrected chi connectivity index (χ3v) is 3.10. The summed E-state index contributed by atoms with van der Waals surface area (Å²) < 4.78 is 10.7. The lowest BCUT2D eigenvalue weighted by molar-refractivity contribution is 0.0987. The number of hydrogen-bond donors (Lipinski definition) is 0. The second-order valence-electron chi connectivity index (χ2n) is 5.09. The number of ether oxygens (including phenoxy) is 2. The Kier molecular flexibility index (Phi) is 4.99. The quantitative estimate of drug-likeness (QED) is 0.851. The van der Waals surface area contributed by atoms with Gasteiger partial charge in [0.2, 0.25) is 5.88 Å². The molecule has 0 atom stereocenters. The molecule has 5 heteroatoms. The Balaban J connectivity index is 2.26. The largest absolute Gasteiger partial charge is 0.490 e. The highest BCUT2D eigenvalue weighted by Gasteiger charge is 2.18. The Morgan fingerprint density at radius 1 is 1.18 bits per heavy atom. The smallest absolute Gasteiger partial charge is 0.261 e. The molecule has 1 aromatic carbocycles. The van der Waals surface area contributed by atoms with E-state index in [1.807, 2.05) is 26.0 Å². The Labute approximate surface area is 130 Å². The van der Waals surface area contributed by atoms with Gasteiger partial charge in [0.25, 0.3) is 5.91 Å². The van der Waals surface area contributed by atoms with Gasteiger partial charge in [-0.1, -0.05) is 12.1 Å². The van der Waals surface area contributed by atoms with Gasteiger partial charge in [0.05, 0.1) is 30.7 Å². The first-order chi connectivity index (χ1) is 10.5. The average Bonchev–Trinajstić information content (AvgIpc) is 2.53. The summed E-state index contributed by atoms with van der Waals surface area (Å²) in [6.07, 6.45) is 1.60. The number of hydrogen-bond acceptors (Lipinski definition) is 4. The number of methoxy groups -OCH3 is 1. The van der Waals surface area contributed by atoms with Crippen LogP contribution in [0.5, 0.6) is 11.6 Å². The number of anilines is 1. The number of carbonyl (C=O) groups excluding carboxylic acids is 1. The Hall–Kier alpha value is -2.56. The number of benzene rings is 1. The van der Waals surface area contributed by atoms with Gasteiger partial charge >= 0.3 is 0 Å². The van der Waals surface area contributed by atoms with E-state index in [2.05, 4.69) is 4.98 Å².